The zero-order valence-corrected chi connectivity index (χ0v) is 12.2. The zero-order chi connectivity index (χ0) is 15.2. The van der Waals surface area contributed by atoms with Crippen LogP contribution in [0, 0.1) is 0 Å². The maximum Gasteiger partial charge on any atom is 0.260 e. The van der Waals surface area contributed by atoms with Gasteiger partial charge >= 0.3 is 0 Å². The summed E-state index contributed by atoms with van der Waals surface area (Å²) in [6, 6.07) is 7.56. The second-order valence-electron chi connectivity index (χ2n) is 5.23. The fourth-order valence-corrected chi connectivity index (χ4v) is 1.78. The smallest absolute Gasteiger partial charge is 0.260 e. The number of hydrogen-bond donors (Lipinski definition) is 2. The third-order valence-electron chi connectivity index (χ3n) is 3.27. The Labute approximate surface area is 124 Å². The number of nitrogens with two attached hydrogens (primary N) is 1. The summed E-state index contributed by atoms with van der Waals surface area (Å²) in [7, 11) is 1.59. The van der Waals surface area contributed by atoms with Crippen LogP contribution in [0.2, 0.25) is 0 Å². The molecule has 6 nitrogen and oxygen atoms in total. The topological polar surface area (TPSA) is 84.7 Å². The van der Waals surface area contributed by atoms with E-state index in [-0.39, 0.29) is 25.0 Å². The molecule has 6 heteroatoms. The van der Waals surface area contributed by atoms with Crippen molar-refractivity contribution in [1.29, 1.82) is 0 Å². The number of hydrogen-bond acceptors (Lipinski definition) is 4. The maximum absolute atomic E-state index is 11.9. The van der Waals surface area contributed by atoms with Crippen molar-refractivity contribution in [2.24, 2.45) is 5.73 Å². The zero-order valence-electron chi connectivity index (χ0n) is 12.2. The van der Waals surface area contributed by atoms with Gasteiger partial charge in [-0.15, -0.1) is 0 Å². The lowest BCUT2D eigenvalue weighted by atomic mass is 10.2. The number of nitrogens with one attached hydrogen (secondary N) is 1. The van der Waals surface area contributed by atoms with Crippen LogP contribution in [-0.2, 0) is 16.1 Å². The highest BCUT2D eigenvalue weighted by Crippen LogP contribution is 2.18. The Morgan fingerprint density at radius 2 is 2.00 bits per heavy atom. The van der Waals surface area contributed by atoms with Gasteiger partial charge < -0.3 is 20.7 Å². The Morgan fingerprint density at radius 3 is 2.57 bits per heavy atom. The van der Waals surface area contributed by atoms with E-state index in [4.69, 9.17) is 10.5 Å². The van der Waals surface area contributed by atoms with Crippen LogP contribution in [0.15, 0.2) is 24.3 Å². The summed E-state index contributed by atoms with van der Waals surface area (Å²) in [5.41, 5.74) is 6.51. The Morgan fingerprint density at radius 1 is 1.33 bits per heavy atom. The van der Waals surface area contributed by atoms with Crippen molar-refractivity contribution in [3.63, 3.8) is 0 Å². The first-order valence-corrected chi connectivity index (χ1v) is 7.03. The number of benzene rings is 1. The van der Waals surface area contributed by atoms with E-state index in [0.717, 1.165) is 18.4 Å². The maximum atomic E-state index is 11.9. The van der Waals surface area contributed by atoms with E-state index >= 15 is 0 Å². The lowest BCUT2D eigenvalue weighted by molar-refractivity contribution is -0.136. The number of rotatable bonds is 7. The third kappa shape index (κ3) is 5.07. The standard InChI is InChI=1S/C15H21N3O3/c1-18(9-14(19)17-12-4-5-12)15(20)10-21-13-6-2-11(8-16)3-7-13/h2-3,6-7,12H,4-5,8-10,16H2,1H3,(H,17,19). The number of ether oxygens (including phenoxy) is 1. The summed E-state index contributed by atoms with van der Waals surface area (Å²) in [5.74, 6) is 0.251. The van der Waals surface area contributed by atoms with E-state index in [0.29, 0.717) is 18.3 Å². The summed E-state index contributed by atoms with van der Waals surface area (Å²) in [6.45, 7) is 0.442. The first-order valence-electron chi connectivity index (χ1n) is 7.03. The minimum atomic E-state index is -0.233. The number of amides is 2. The Bertz CT molecular complexity index is 497. The van der Waals surface area contributed by atoms with Crippen LogP contribution in [0.1, 0.15) is 18.4 Å². The molecule has 0 heterocycles. The molecule has 0 aliphatic heterocycles. The van der Waals surface area contributed by atoms with Crippen molar-refractivity contribution < 1.29 is 14.3 Å². The van der Waals surface area contributed by atoms with Gasteiger partial charge in [0.15, 0.2) is 6.61 Å². The first kappa shape index (κ1) is 15.3. The summed E-state index contributed by atoms with van der Waals surface area (Å²) in [6.07, 6.45) is 2.07. The van der Waals surface area contributed by atoms with Crippen LogP contribution in [0.25, 0.3) is 0 Å². The van der Waals surface area contributed by atoms with Crippen LogP contribution in [0.3, 0.4) is 0 Å². The predicted octanol–water partition coefficient (Wildman–Crippen LogP) is 0.261. The van der Waals surface area contributed by atoms with Gasteiger partial charge in [-0.25, -0.2) is 0 Å². The molecule has 1 saturated carbocycles. The Kier molecular flexibility index (Phi) is 5.16. The molecular weight excluding hydrogens is 270 g/mol. The van der Waals surface area contributed by atoms with Crippen LogP contribution >= 0.6 is 0 Å². The van der Waals surface area contributed by atoms with Gasteiger partial charge in [0.1, 0.15) is 5.75 Å². The highest BCUT2D eigenvalue weighted by Gasteiger charge is 2.24. The highest BCUT2D eigenvalue weighted by atomic mass is 16.5. The molecule has 1 fully saturated rings. The van der Waals surface area contributed by atoms with E-state index in [2.05, 4.69) is 5.32 Å². The van der Waals surface area contributed by atoms with Crippen molar-refractivity contribution in [2.75, 3.05) is 20.2 Å². The lowest BCUT2D eigenvalue weighted by Crippen LogP contribution is -2.40. The fraction of sp³-hybridized carbons (Fsp3) is 0.467. The fourth-order valence-electron chi connectivity index (χ4n) is 1.78. The van der Waals surface area contributed by atoms with E-state index in [1.807, 2.05) is 12.1 Å². The molecule has 1 aromatic carbocycles. The molecule has 21 heavy (non-hydrogen) atoms. The van der Waals surface area contributed by atoms with Gasteiger partial charge in [-0.3, -0.25) is 9.59 Å². The summed E-state index contributed by atoms with van der Waals surface area (Å²) >= 11 is 0. The van der Waals surface area contributed by atoms with Gasteiger partial charge in [0.05, 0.1) is 6.54 Å². The van der Waals surface area contributed by atoms with E-state index in [1.54, 1.807) is 19.2 Å². The van der Waals surface area contributed by atoms with E-state index in [1.165, 1.54) is 4.90 Å². The van der Waals surface area contributed by atoms with Gasteiger partial charge in [0.2, 0.25) is 5.91 Å². The average Bonchev–Trinajstić information content (AvgIpc) is 3.28. The minimum absolute atomic E-state index is 0.0603. The minimum Gasteiger partial charge on any atom is -0.484 e. The SMILES string of the molecule is CN(CC(=O)NC1CC1)C(=O)COc1ccc(CN)cc1. The quantitative estimate of drug-likeness (QED) is 0.755. The number of carbonyl (C=O) groups is 2. The third-order valence-corrected chi connectivity index (χ3v) is 3.27. The molecular formula is C15H21N3O3. The van der Waals surface area contributed by atoms with Crippen LogP contribution in [-0.4, -0.2) is 43.0 Å². The van der Waals surface area contributed by atoms with Crippen molar-refractivity contribution in [3.05, 3.63) is 29.8 Å². The molecule has 0 saturated heterocycles. The Balaban J connectivity index is 1.72. The Hall–Kier alpha value is -2.08. The van der Waals surface area contributed by atoms with Gasteiger partial charge in [0, 0.05) is 19.6 Å². The molecule has 2 rings (SSSR count). The molecule has 0 bridgehead atoms. The highest BCUT2D eigenvalue weighted by molar-refractivity contribution is 5.85. The second-order valence-corrected chi connectivity index (χ2v) is 5.23. The van der Waals surface area contributed by atoms with Crippen molar-refractivity contribution in [3.8, 4) is 5.75 Å². The second kappa shape index (κ2) is 7.08. The molecule has 0 aromatic heterocycles. The molecule has 114 valence electrons. The molecule has 0 spiro atoms. The molecule has 0 radical (unpaired) electrons. The summed E-state index contributed by atoms with van der Waals surface area (Å²) in [5, 5.41) is 2.84. The van der Waals surface area contributed by atoms with Crippen molar-refractivity contribution in [1.82, 2.24) is 10.2 Å². The molecule has 0 atom stereocenters. The van der Waals surface area contributed by atoms with Crippen LogP contribution in [0.5, 0.6) is 5.75 Å². The molecule has 1 aliphatic rings. The summed E-state index contributed by atoms with van der Waals surface area (Å²) in [4.78, 5) is 24.8. The number of carbonyl (C=O) groups excluding carboxylic acids is 2. The number of nitrogens with zero attached hydrogens (tertiary/aromatic N) is 1. The van der Waals surface area contributed by atoms with E-state index < -0.39 is 0 Å². The van der Waals surface area contributed by atoms with E-state index in [9.17, 15) is 9.59 Å². The monoisotopic (exact) mass is 291 g/mol. The normalized spacial score (nSPS) is 13.6. The van der Waals surface area contributed by atoms with Gasteiger partial charge in [-0.2, -0.15) is 0 Å². The molecule has 0 unspecified atom stereocenters. The molecule has 1 aliphatic carbocycles. The van der Waals surface area contributed by atoms with Crippen molar-refractivity contribution in [2.45, 2.75) is 25.4 Å². The van der Waals surface area contributed by atoms with Crippen molar-refractivity contribution >= 4 is 11.8 Å². The molecule has 1 aromatic rings. The molecule has 2 amide bonds. The van der Waals surface area contributed by atoms with Crippen LogP contribution < -0.4 is 15.8 Å². The van der Waals surface area contributed by atoms with Gasteiger partial charge in [-0.05, 0) is 30.5 Å². The predicted molar refractivity (Wildman–Crippen MR) is 78.6 cm³/mol. The number of likely N-dealkylation sites (N-methyl/N-ethyl adjacent to an activating group) is 1. The molecule has 3 N–H and O–H groups in total. The summed E-state index contributed by atoms with van der Waals surface area (Å²) < 4.78 is 5.40. The average molecular weight is 291 g/mol. The van der Waals surface area contributed by atoms with Gasteiger partial charge in [0.25, 0.3) is 5.91 Å². The van der Waals surface area contributed by atoms with Gasteiger partial charge in [-0.1, -0.05) is 12.1 Å². The first-order chi connectivity index (χ1) is 10.1. The van der Waals surface area contributed by atoms with Crippen LogP contribution in [0.4, 0.5) is 0 Å². The largest absolute Gasteiger partial charge is 0.484 e. The lowest BCUT2D eigenvalue weighted by Gasteiger charge is -2.17.